The highest BCUT2D eigenvalue weighted by Crippen LogP contribution is 2.18. The Balaban J connectivity index is 1.86. The molecule has 0 unspecified atom stereocenters. The minimum absolute atomic E-state index is 0.321. The van der Waals surface area contributed by atoms with Crippen molar-refractivity contribution >= 4 is 5.97 Å². The van der Waals surface area contributed by atoms with E-state index in [2.05, 4.69) is 35.2 Å². The van der Waals surface area contributed by atoms with Crippen molar-refractivity contribution < 1.29 is 9.53 Å². The van der Waals surface area contributed by atoms with Gasteiger partial charge in [-0.05, 0) is 39.2 Å². The van der Waals surface area contributed by atoms with Crippen LogP contribution in [0.2, 0.25) is 0 Å². The molecule has 0 bridgehead atoms. The molecule has 4 nitrogen and oxygen atoms in total. The Morgan fingerprint density at radius 1 is 1.30 bits per heavy atom. The van der Waals surface area contributed by atoms with Crippen LogP contribution in [0, 0.1) is 0 Å². The van der Waals surface area contributed by atoms with E-state index < -0.39 is 11.6 Å². The third-order valence-corrected chi connectivity index (χ3v) is 3.75. The highest BCUT2D eigenvalue weighted by Gasteiger charge is 2.24. The van der Waals surface area contributed by atoms with Gasteiger partial charge in [0.15, 0.2) is 0 Å². The van der Waals surface area contributed by atoms with Gasteiger partial charge < -0.3 is 10.5 Å². The van der Waals surface area contributed by atoms with Crippen molar-refractivity contribution in [1.29, 1.82) is 0 Å². The van der Waals surface area contributed by atoms with Gasteiger partial charge in [0.05, 0.1) is 0 Å². The van der Waals surface area contributed by atoms with Gasteiger partial charge in [-0.3, -0.25) is 9.69 Å². The Morgan fingerprint density at radius 3 is 2.65 bits per heavy atom. The maximum atomic E-state index is 12.0. The smallest absolute Gasteiger partial charge is 0.323 e. The van der Waals surface area contributed by atoms with Crippen LogP contribution in [0.15, 0.2) is 42.0 Å². The molecule has 23 heavy (non-hydrogen) atoms. The summed E-state index contributed by atoms with van der Waals surface area (Å²) in [5.74, 6) is -0.321. The maximum Gasteiger partial charge on any atom is 0.323 e. The molecule has 2 N–H and O–H groups in total. The van der Waals surface area contributed by atoms with Gasteiger partial charge in [0.2, 0.25) is 0 Å². The molecule has 0 fully saturated rings. The Hall–Kier alpha value is -1.65. The average Bonchev–Trinajstić information content (AvgIpc) is 2.47. The number of carbonyl (C=O) groups is 1. The van der Waals surface area contributed by atoms with E-state index in [0.29, 0.717) is 6.42 Å². The van der Waals surface area contributed by atoms with Crippen LogP contribution in [0.25, 0.3) is 0 Å². The fourth-order valence-electron chi connectivity index (χ4n) is 2.75. The molecule has 0 saturated carbocycles. The summed E-state index contributed by atoms with van der Waals surface area (Å²) >= 11 is 0. The predicted molar refractivity (Wildman–Crippen MR) is 92.9 cm³/mol. The normalized spacial score (nSPS) is 17.5. The van der Waals surface area contributed by atoms with Gasteiger partial charge in [-0.1, -0.05) is 42.0 Å². The zero-order chi connectivity index (χ0) is 16.9. The second-order valence-corrected chi connectivity index (χ2v) is 7.19. The minimum atomic E-state index is -0.586. The fraction of sp³-hybridized carbons (Fsp3) is 0.526. The summed E-state index contributed by atoms with van der Waals surface area (Å²) in [6.45, 7) is 8.42. The Labute approximate surface area is 139 Å². The summed E-state index contributed by atoms with van der Waals surface area (Å²) in [6.07, 6.45) is 3.79. The number of carbonyl (C=O) groups excluding carboxylic acids is 1. The summed E-state index contributed by atoms with van der Waals surface area (Å²) in [7, 11) is 0. The number of hydrogen-bond donors (Lipinski definition) is 1. The lowest BCUT2D eigenvalue weighted by molar-refractivity contribution is -0.156. The molecule has 0 radical (unpaired) electrons. The van der Waals surface area contributed by atoms with Crippen molar-refractivity contribution in [3.05, 3.63) is 47.5 Å². The molecule has 2 rings (SSSR count). The first kappa shape index (κ1) is 17.7. The first-order chi connectivity index (χ1) is 10.8. The highest BCUT2D eigenvalue weighted by atomic mass is 16.6. The highest BCUT2D eigenvalue weighted by molar-refractivity contribution is 5.76. The third-order valence-electron chi connectivity index (χ3n) is 3.75. The molecule has 0 aliphatic carbocycles. The summed E-state index contributed by atoms with van der Waals surface area (Å²) in [6, 6.07) is 9.86. The van der Waals surface area contributed by atoms with Crippen LogP contribution in [-0.4, -0.2) is 35.6 Å². The van der Waals surface area contributed by atoms with E-state index in [0.717, 1.165) is 26.1 Å². The lowest BCUT2D eigenvalue weighted by Gasteiger charge is -2.29. The van der Waals surface area contributed by atoms with Crippen LogP contribution in [0.1, 0.15) is 39.2 Å². The van der Waals surface area contributed by atoms with E-state index >= 15 is 0 Å². The van der Waals surface area contributed by atoms with Crippen LogP contribution in [0.4, 0.5) is 0 Å². The predicted octanol–water partition coefficient (Wildman–Crippen LogP) is 2.88. The van der Waals surface area contributed by atoms with E-state index in [1.165, 1.54) is 11.1 Å². The lowest BCUT2D eigenvalue weighted by atomic mass is 10.0. The molecule has 1 aromatic rings. The molecular weight excluding hydrogens is 288 g/mol. The molecule has 0 amide bonds. The van der Waals surface area contributed by atoms with Crippen LogP contribution in [-0.2, 0) is 16.1 Å². The number of ether oxygens (including phenoxy) is 1. The molecule has 0 aromatic heterocycles. The molecule has 1 aliphatic rings. The molecule has 1 aliphatic heterocycles. The van der Waals surface area contributed by atoms with Crippen LogP contribution in [0.5, 0.6) is 0 Å². The Bertz CT molecular complexity index is 546. The van der Waals surface area contributed by atoms with Crippen molar-refractivity contribution in [2.24, 2.45) is 5.73 Å². The van der Waals surface area contributed by atoms with Gasteiger partial charge in [0, 0.05) is 19.6 Å². The van der Waals surface area contributed by atoms with E-state index in [1.807, 2.05) is 26.8 Å². The largest absolute Gasteiger partial charge is 0.459 e. The molecular formula is C19H28N2O2. The standard InChI is InChI=1S/C19H28N2O2/c1-19(2,3)23-18(22)17(20)12-16-10-7-11-21(14-16)13-15-8-5-4-6-9-15/h4-6,8-10,17H,7,11-14,20H2,1-3H3/t17-/m0/s1. The molecule has 1 atom stereocenters. The minimum Gasteiger partial charge on any atom is -0.459 e. The van der Waals surface area contributed by atoms with Crippen LogP contribution in [0.3, 0.4) is 0 Å². The average molecular weight is 316 g/mol. The van der Waals surface area contributed by atoms with Crippen LogP contribution >= 0.6 is 0 Å². The van der Waals surface area contributed by atoms with Crippen molar-refractivity contribution in [1.82, 2.24) is 4.90 Å². The maximum absolute atomic E-state index is 12.0. The number of nitrogens with two attached hydrogens (primary N) is 1. The number of nitrogens with zero attached hydrogens (tertiary/aromatic N) is 1. The first-order valence-corrected chi connectivity index (χ1v) is 8.26. The Morgan fingerprint density at radius 2 is 2.00 bits per heavy atom. The van der Waals surface area contributed by atoms with Crippen LogP contribution < -0.4 is 5.73 Å². The van der Waals surface area contributed by atoms with Crippen molar-refractivity contribution in [3.63, 3.8) is 0 Å². The summed E-state index contributed by atoms with van der Waals surface area (Å²) < 4.78 is 5.36. The molecule has 4 heteroatoms. The fourth-order valence-corrected chi connectivity index (χ4v) is 2.75. The molecule has 1 heterocycles. The van der Waals surface area contributed by atoms with E-state index in [9.17, 15) is 4.79 Å². The Kier molecular flexibility index (Phi) is 5.97. The number of hydrogen-bond acceptors (Lipinski definition) is 4. The molecule has 0 saturated heterocycles. The van der Waals surface area contributed by atoms with E-state index in [1.54, 1.807) is 0 Å². The summed E-state index contributed by atoms with van der Waals surface area (Å²) in [4.78, 5) is 14.4. The van der Waals surface area contributed by atoms with Crippen molar-refractivity contribution in [2.75, 3.05) is 13.1 Å². The summed E-state index contributed by atoms with van der Waals surface area (Å²) in [5, 5.41) is 0. The van der Waals surface area contributed by atoms with Gasteiger partial charge in [-0.2, -0.15) is 0 Å². The van der Waals surface area contributed by atoms with Gasteiger partial charge in [-0.25, -0.2) is 0 Å². The zero-order valence-corrected chi connectivity index (χ0v) is 14.4. The number of esters is 1. The van der Waals surface area contributed by atoms with Gasteiger partial charge in [0.1, 0.15) is 11.6 Å². The SMILES string of the molecule is CC(C)(C)OC(=O)[C@@H](N)CC1=CCCN(Cc2ccccc2)C1. The molecule has 0 spiro atoms. The lowest BCUT2D eigenvalue weighted by Crippen LogP contribution is -2.39. The van der Waals surface area contributed by atoms with E-state index in [4.69, 9.17) is 10.5 Å². The first-order valence-electron chi connectivity index (χ1n) is 8.26. The second-order valence-electron chi connectivity index (χ2n) is 7.19. The van der Waals surface area contributed by atoms with Gasteiger partial charge in [-0.15, -0.1) is 0 Å². The van der Waals surface area contributed by atoms with Gasteiger partial charge in [0.25, 0.3) is 0 Å². The topological polar surface area (TPSA) is 55.6 Å². The zero-order valence-electron chi connectivity index (χ0n) is 14.4. The van der Waals surface area contributed by atoms with Crippen molar-refractivity contribution in [3.8, 4) is 0 Å². The third kappa shape index (κ3) is 6.16. The number of benzene rings is 1. The quantitative estimate of drug-likeness (QED) is 0.670. The monoisotopic (exact) mass is 316 g/mol. The molecule has 1 aromatic carbocycles. The second kappa shape index (κ2) is 7.75. The summed E-state index contributed by atoms with van der Waals surface area (Å²) in [5.41, 5.74) is 8.07. The van der Waals surface area contributed by atoms with Crippen molar-refractivity contribution in [2.45, 2.75) is 51.8 Å². The number of rotatable bonds is 5. The van der Waals surface area contributed by atoms with E-state index in [-0.39, 0.29) is 5.97 Å². The molecule has 126 valence electrons. The van der Waals surface area contributed by atoms with Gasteiger partial charge >= 0.3 is 5.97 Å².